The Morgan fingerprint density at radius 2 is 1.94 bits per heavy atom. The molecular formula is C24H26FN7O. The summed E-state index contributed by atoms with van der Waals surface area (Å²) in [6.45, 7) is 4.07. The van der Waals surface area contributed by atoms with E-state index in [1.165, 1.54) is 6.07 Å². The normalized spacial score (nSPS) is 18.8. The van der Waals surface area contributed by atoms with Crippen LogP contribution in [0.1, 0.15) is 37.1 Å². The van der Waals surface area contributed by atoms with E-state index < -0.39 is 5.95 Å². The first kappa shape index (κ1) is 21.2. The molecule has 170 valence electrons. The second-order valence-electron chi connectivity index (χ2n) is 8.60. The number of primary amides is 1. The summed E-state index contributed by atoms with van der Waals surface area (Å²) in [6, 6.07) is 9.01. The van der Waals surface area contributed by atoms with Gasteiger partial charge in [-0.1, -0.05) is 6.07 Å². The summed E-state index contributed by atoms with van der Waals surface area (Å²) in [6.07, 6.45) is 5.64. The molecule has 1 amide bonds. The van der Waals surface area contributed by atoms with Crippen molar-refractivity contribution in [2.75, 3.05) is 29.4 Å². The van der Waals surface area contributed by atoms with Gasteiger partial charge in [0.15, 0.2) is 5.82 Å². The van der Waals surface area contributed by atoms with E-state index in [-0.39, 0.29) is 17.9 Å². The van der Waals surface area contributed by atoms with Crippen LogP contribution in [0.15, 0.2) is 42.7 Å². The van der Waals surface area contributed by atoms with Gasteiger partial charge in [0.25, 0.3) is 0 Å². The van der Waals surface area contributed by atoms with Crippen LogP contribution in [0.3, 0.4) is 0 Å². The van der Waals surface area contributed by atoms with E-state index in [1.807, 2.05) is 30.5 Å². The zero-order valence-corrected chi connectivity index (χ0v) is 18.5. The SMILES string of the molecule is CC1c2cnc(-c3ccccn3)nc2CCN1c1cc(N2CCC(C(N)=O)CC2)cc(F)n1. The lowest BCUT2D eigenvalue weighted by molar-refractivity contribution is -0.122. The molecule has 33 heavy (non-hydrogen) atoms. The second-order valence-corrected chi connectivity index (χ2v) is 8.60. The summed E-state index contributed by atoms with van der Waals surface area (Å²) in [4.78, 5) is 33.5. The summed E-state index contributed by atoms with van der Waals surface area (Å²) in [7, 11) is 0. The first-order valence-electron chi connectivity index (χ1n) is 11.3. The second kappa shape index (κ2) is 8.73. The summed E-state index contributed by atoms with van der Waals surface area (Å²) < 4.78 is 14.5. The molecule has 2 aliphatic heterocycles. The van der Waals surface area contributed by atoms with Crippen molar-refractivity contribution in [3.8, 4) is 11.5 Å². The van der Waals surface area contributed by atoms with Crippen LogP contribution >= 0.6 is 0 Å². The van der Waals surface area contributed by atoms with E-state index >= 15 is 0 Å². The average Bonchev–Trinajstić information content (AvgIpc) is 2.84. The standard InChI is InChI=1S/C24H26FN7O/c1-15-18-14-28-24(20-4-2-3-8-27-20)29-19(18)7-11-32(15)22-13-17(12-21(25)30-22)31-9-5-16(6-10-31)23(26)33/h2-4,8,12-16H,5-7,9-11H2,1H3,(H2,26,33). The highest BCUT2D eigenvalue weighted by Gasteiger charge is 2.29. The lowest BCUT2D eigenvalue weighted by atomic mass is 9.96. The Hall–Kier alpha value is -3.62. The fraction of sp³-hybridized carbons (Fsp3) is 0.375. The van der Waals surface area contributed by atoms with Crippen LogP contribution in [0.2, 0.25) is 0 Å². The first-order valence-corrected chi connectivity index (χ1v) is 11.3. The molecule has 5 heterocycles. The molecule has 2 N–H and O–H groups in total. The van der Waals surface area contributed by atoms with Crippen LogP contribution in [-0.2, 0) is 11.2 Å². The minimum Gasteiger partial charge on any atom is -0.371 e. The Morgan fingerprint density at radius 3 is 2.67 bits per heavy atom. The van der Waals surface area contributed by atoms with Crippen LogP contribution in [-0.4, -0.2) is 45.5 Å². The molecule has 3 aromatic heterocycles. The highest BCUT2D eigenvalue weighted by molar-refractivity contribution is 5.77. The maximum absolute atomic E-state index is 14.5. The molecule has 0 aliphatic carbocycles. The molecule has 0 aromatic carbocycles. The number of amides is 1. The van der Waals surface area contributed by atoms with Crippen LogP contribution in [0, 0.1) is 11.9 Å². The molecule has 1 saturated heterocycles. The molecule has 1 fully saturated rings. The lowest BCUT2D eigenvalue weighted by Crippen LogP contribution is -2.39. The van der Waals surface area contributed by atoms with Crippen molar-refractivity contribution in [2.24, 2.45) is 11.7 Å². The van der Waals surface area contributed by atoms with Crippen molar-refractivity contribution in [2.45, 2.75) is 32.2 Å². The molecule has 8 nitrogen and oxygen atoms in total. The van der Waals surface area contributed by atoms with E-state index in [2.05, 4.69) is 31.7 Å². The van der Waals surface area contributed by atoms with Crippen molar-refractivity contribution in [1.29, 1.82) is 0 Å². The number of carbonyl (C=O) groups excluding carboxylic acids is 1. The Morgan fingerprint density at radius 1 is 1.12 bits per heavy atom. The Balaban J connectivity index is 1.38. The number of piperidine rings is 1. The number of aromatic nitrogens is 4. The van der Waals surface area contributed by atoms with E-state index in [0.717, 1.165) is 22.6 Å². The van der Waals surface area contributed by atoms with Crippen molar-refractivity contribution in [1.82, 2.24) is 19.9 Å². The summed E-state index contributed by atoms with van der Waals surface area (Å²) in [5.74, 6) is 0.321. The van der Waals surface area contributed by atoms with Gasteiger partial charge in [-0.3, -0.25) is 9.78 Å². The van der Waals surface area contributed by atoms with Crippen LogP contribution in [0.4, 0.5) is 15.9 Å². The minimum absolute atomic E-state index is 0.0470. The minimum atomic E-state index is -0.515. The highest BCUT2D eigenvalue weighted by atomic mass is 19.1. The monoisotopic (exact) mass is 447 g/mol. The molecule has 2 aliphatic rings. The van der Waals surface area contributed by atoms with E-state index in [0.29, 0.717) is 50.5 Å². The predicted molar refractivity (Wildman–Crippen MR) is 123 cm³/mol. The van der Waals surface area contributed by atoms with Crippen LogP contribution in [0.5, 0.6) is 0 Å². The molecule has 1 atom stereocenters. The number of nitrogens with zero attached hydrogens (tertiary/aromatic N) is 6. The third-order valence-electron chi connectivity index (χ3n) is 6.62. The number of pyridine rings is 2. The van der Waals surface area contributed by atoms with Crippen LogP contribution in [0.25, 0.3) is 11.5 Å². The smallest absolute Gasteiger partial charge is 0.220 e. The van der Waals surface area contributed by atoms with Gasteiger partial charge in [-0.2, -0.15) is 4.39 Å². The predicted octanol–water partition coefficient (Wildman–Crippen LogP) is 2.90. The lowest BCUT2D eigenvalue weighted by Gasteiger charge is -2.37. The number of nitrogens with two attached hydrogens (primary N) is 1. The fourth-order valence-corrected chi connectivity index (χ4v) is 4.72. The van der Waals surface area contributed by atoms with Gasteiger partial charge < -0.3 is 15.5 Å². The average molecular weight is 448 g/mol. The molecule has 3 aromatic rings. The van der Waals surface area contributed by atoms with Gasteiger partial charge in [-0.05, 0) is 31.9 Å². The molecule has 5 rings (SSSR count). The van der Waals surface area contributed by atoms with Crippen LogP contribution < -0.4 is 15.5 Å². The molecule has 0 spiro atoms. The largest absolute Gasteiger partial charge is 0.371 e. The molecular weight excluding hydrogens is 421 g/mol. The summed E-state index contributed by atoms with van der Waals surface area (Å²) >= 11 is 0. The van der Waals surface area contributed by atoms with Crippen molar-refractivity contribution < 1.29 is 9.18 Å². The highest BCUT2D eigenvalue weighted by Crippen LogP contribution is 2.34. The van der Waals surface area contributed by atoms with Gasteiger partial charge in [-0.15, -0.1) is 0 Å². The number of fused-ring (bicyclic) bond motifs is 1. The Labute approximate surface area is 191 Å². The zero-order chi connectivity index (χ0) is 22.9. The zero-order valence-electron chi connectivity index (χ0n) is 18.5. The van der Waals surface area contributed by atoms with Gasteiger partial charge >= 0.3 is 0 Å². The van der Waals surface area contributed by atoms with Gasteiger partial charge in [0.1, 0.15) is 11.5 Å². The Bertz CT molecular complexity index is 1160. The number of anilines is 2. The summed E-state index contributed by atoms with van der Waals surface area (Å²) in [5.41, 5.74) is 8.96. The van der Waals surface area contributed by atoms with E-state index in [1.54, 1.807) is 6.20 Å². The van der Waals surface area contributed by atoms with Gasteiger partial charge in [0.05, 0.1) is 11.7 Å². The number of carbonyl (C=O) groups is 1. The quantitative estimate of drug-likeness (QED) is 0.614. The number of hydrogen-bond donors (Lipinski definition) is 1. The fourth-order valence-electron chi connectivity index (χ4n) is 4.72. The molecule has 0 saturated carbocycles. The van der Waals surface area contributed by atoms with Gasteiger partial charge in [-0.25, -0.2) is 15.0 Å². The third-order valence-corrected chi connectivity index (χ3v) is 6.62. The first-order chi connectivity index (χ1) is 16.0. The van der Waals surface area contributed by atoms with Crippen molar-refractivity contribution >= 4 is 17.4 Å². The Kier molecular flexibility index (Phi) is 5.62. The van der Waals surface area contributed by atoms with Gasteiger partial charge in [0, 0.05) is 67.8 Å². The third kappa shape index (κ3) is 4.22. The van der Waals surface area contributed by atoms with Crippen molar-refractivity contribution in [3.63, 3.8) is 0 Å². The molecule has 1 unspecified atom stereocenters. The molecule has 0 bridgehead atoms. The van der Waals surface area contributed by atoms with Gasteiger partial charge in [0.2, 0.25) is 11.9 Å². The molecule has 9 heteroatoms. The maximum Gasteiger partial charge on any atom is 0.220 e. The van der Waals surface area contributed by atoms with Crippen molar-refractivity contribution in [3.05, 3.63) is 59.9 Å². The summed E-state index contributed by atoms with van der Waals surface area (Å²) in [5, 5.41) is 0. The topological polar surface area (TPSA) is 101 Å². The maximum atomic E-state index is 14.5. The number of rotatable bonds is 4. The van der Waals surface area contributed by atoms with E-state index in [9.17, 15) is 9.18 Å². The number of halogens is 1. The number of hydrogen-bond acceptors (Lipinski definition) is 7. The van der Waals surface area contributed by atoms with E-state index in [4.69, 9.17) is 10.7 Å². The molecule has 0 radical (unpaired) electrons.